The van der Waals surface area contributed by atoms with Crippen molar-refractivity contribution in [3.8, 4) is 0 Å². The lowest BCUT2D eigenvalue weighted by molar-refractivity contribution is -0.117. The predicted molar refractivity (Wildman–Crippen MR) is 56.8 cm³/mol. The van der Waals surface area contributed by atoms with Gasteiger partial charge in [-0.3, -0.25) is 0 Å². The molecule has 0 aromatic carbocycles. The van der Waals surface area contributed by atoms with Gasteiger partial charge in [0.1, 0.15) is 5.78 Å². The molecule has 0 radical (unpaired) electrons. The van der Waals surface area contributed by atoms with E-state index in [2.05, 4.69) is 32.8 Å². The molecule has 0 fully saturated rings. The van der Waals surface area contributed by atoms with Crippen molar-refractivity contribution in [1.29, 1.82) is 0 Å². The van der Waals surface area contributed by atoms with E-state index < -0.39 is 0 Å². The first kappa shape index (κ1) is 12.6. The maximum atomic E-state index is 10.8. The van der Waals surface area contributed by atoms with Crippen molar-refractivity contribution < 1.29 is 4.79 Å². The van der Waals surface area contributed by atoms with Crippen LogP contribution in [0.15, 0.2) is 0 Å². The zero-order valence-electron chi connectivity index (χ0n) is 9.63. The quantitative estimate of drug-likeness (QED) is 0.633. The van der Waals surface area contributed by atoms with Crippen LogP contribution in [0.4, 0.5) is 0 Å². The van der Waals surface area contributed by atoms with Gasteiger partial charge in [0, 0.05) is 12.5 Å². The van der Waals surface area contributed by atoms with Crippen molar-refractivity contribution in [1.82, 2.24) is 4.90 Å². The average Bonchev–Trinajstić information content (AvgIpc) is 1.98. The molecule has 0 saturated carbocycles. The van der Waals surface area contributed by atoms with Gasteiger partial charge in [0.05, 0.1) is 0 Å². The first-order chi connectivity index (χ1) is 5.93. The van der Waals surface area contributed by atoms with Gasteiger partial charge in [0.25, 0.3) is 0 Å². The summed E-state index contributed by atoms with van der Waals surface area (Å²) >= 11 is 0. The summed E-state index contributed by atoms with van der Waals surface area (Å²) in [5.41, 5.74) is 0. The highest BCUT2D eigenvalue weighted by Gasteiger charge is 2.09. The van der Waals surface area contributed by atoms with E-state index in [1.54, 1.807) is 6.92 Å². The van der Waals surface area contributed by atoms with Crippen molar-refractivity contribution >= 4 is 5.78 Å². The van der Waals surface area contributed by atoms with Crippen LogP contribution in [0.1, 0.15) is 40.0 Å². The van der Waals surface area contributed by atoms with E-state index in [9.17, 15) is 4.79 Å². The first-order valence-electron chi connectivity index (χ1n) is 5.09. The van der Waals surface area contributed by atoms with Crippen LogP contribution in [-0.4, -0.2) is 30.8 Å². The SMILES string of the molecule is CC(=O)CC(C)CCC(C)N(C)C. The van der Waals surface area contributed by atoms with Crippen LogP contribution in [0.25, 0.3) is 0 Å². The summed E-state index contributed by atoms with van der Waals surface area (Å²) < 4.78 is 0. The Morgan fingerprint density at radius 1 is 1.23 bits per heavy atom. The molecule has 0 rings (SSSR count). The third-order valence-corrected chi connectivity index (χ3v) is 2.59. The van der Waals surface area contributed by atoms with Crippen molar-refractivity contribution in [2.24, 2.45) is 5.92 Å². The lowest BCUT2D eigenvalue weighted by Gasteiger charge is -2.21. The fraction of sp³-hybridized carbons (Fsp3) is 0.909. The summed E-state index contributed by atoms with van der Waals surface area (Å²) in [5, 5.41) is 0. The molecule has 2 heteroatoms. The van der Waals surface area contributed by atoms with E-state index in [1.807, 2.05) is 0 Å². The Bertz CT molecular complexity index is 154. The van der Waals surface area contributed by atoms with E-state index in [1.165, 1.54) is 6.42 Å². The minimum atomic E-state index is 0.310. The van der Waals surface area contributed by atoms with Crippen LogP contribution in [-0.2, 0) is 4.79 Å². The summed E-state index contributed by atoms with van der Waals surface area (Å²) in [7, 11) is 4.20. The Morgan fingerprint density at radius 2 is 1.77 bits per heavy atom. The maximum Gasteiger partial charge on any atom is 0.130 e. The molecule has 0 aliphatic heterocycles. The van der Waals surface area contributed by atoms with Crippen LogP contribution in [0.3, 0.4) is 0 Å². The molecular formula is C11H23NO. The van der Waals surface area contributed by atoms with Crippen molar-refractivity contribution in [2.75, 3.05) is 14.1 Å². The number of nitrogens with zero attached hydrogens (tertiary/aromatic N) is 1. The monoisotopic (exact) mass is 185 g/mol. The lowest BCUT2D eigenvalue weighted by atomic mass is 9.97. The van der Waals surface area contributed by atoms with Gasteiger partial charge < -0.3 is 9.69 Å². The Morgan fingerprint density at radius 3 is 2.15 bits per heavy atom. The molecule has 2 nitrogen and oxygen atoms in total. The highest BCUT2D eigenvalue weighted by molar-refractivity contribution is 5.75. The van der Waals surface area contributed by atoms with E-state index in [0.717, 1.165) is 12.8 Å². The number of rotatable bonds is 6. The molecule has 0 saturated heterocycles. The van der Waals surface area contributed by atoms with Gasteiger partial charge in [-0.25, -0.2) is 0 Å². The molecule has 78 valence electrons. The van der Waals surface area contributed by atoms with Gasteiger partial charge in [-0.1, -0.05) is 6.92 Å². The second kappa shape index (κ2) is 6.14. The molecule has 0 aliphatic carbocycles. The van der Waals surface area contributed by atoms with Crippen LogP contribution < -0.4 is 0 Å². The predicted octanol–water partition coefficient (Wildman–Crippen LogP) is 2.33. The van der Waals surface area contributed by atoms with Crippen LogP contribution in [0.5, 0.6) is 0 Å². The second-order valence-corrected chi connectivity index (χ2v) is 4.40. The third kappa shape index (κ3) is 6.76. The van der Waals surface area contributed by atoms with E-state index >= 15 is 0 Å². The minimum absolute atomic E-state index is 0.310. The summed E-state index contributed by atoms with van der Waals surface area (Å²) in [5.74, 6) is 0.852. The number of carbonyl (C=O) groups excluding carboxylic acids is 1. The summed E-state index contributed by atoms with van der Waals surface area (Å²) in [4.78, 5) is 13.0. The van der Waals surface area contributed by atoms with Crippen molar-refractivity contribution in [3.05, 3.63) is 0 Å². The highest BCUT2D eigenvalue weighted by atomic mass is 16.1. The molecule has 0 aromatic heterocycles. The van der Waals surface area contributed by atoms with Crippen molar-refractivity contribution in [3.63, 3.8) is 0 Å². The Balaban J connectivity index is 3.57. The lowest BCUT2D eigenvalue weighted by Crippen LogP contribution is -2.25. The van der Waals surface area contributed by atoms with Crippen LogP contribution in [0, 0.1) is 5.92 Å². The molecule has 2 atom stereocenters. The summed E-state index contributed by atoms with van der Waals surface area (Å²) in [6.45, 7) is 6.05. The standard InChI is InChI=1S/C11H23NO/c1-9(8-11(3)13)6-7-10(2)12(4)5/h9-10H,6-8H2,1-5H3. The van der Waals surface area contributed by atoms with E-state index in [4.69, 9.17) is 0 Å². The molecule has 13 heavy (non-hydrogen) atoms. The van der Waals surface area contributed by atoms with Gasteiger partial charge in [0.2, 0.25) is 0 Å². The topological polar surface area (TPSA) is 20.3 Å². The molecule has 0 amide bonds. The number of ketones is 1. The fourth-order valence-electron chi connectivity index (χ4n) is 1.38. The molecule has 0 N–H and O–H groups in total. The second-order valence-electron chi connectivity index (χ2n) is 4.40. The van der Waals surface area contributed by atoms with E-state index in [0.29, 0.717) is 17.7 Å². The van der Waals surface area contributed by atoms with Crippen molar-refractivity contribution in [2.45, 2.75) is 46.1 Å². The van der Waals surface area contributed by atoms with Crippen LogP contribution in [0.2, 0.25) is 0 Å². The Hall–Kier alpha value is -0.370. The smallest absolute Gasteiger partial charge is 0.130 e. The van der Waals surface area contributed by atoms with Gasteiger partial charge >= 0.3 is 0 Å². The Labute approximate surface area is 82.3 Å². The van der Waals surface area contributed by atoms with Gasteiger partial charge in [0.15, 0.2) is 0 Å². The van der Waals surface area contributed by atoms with Crippen LogP contribution >= 0.6 is 0 Å². The molecule has 0 aromatic rings. The molecule has 0 bridgehead atoms. The molecule has 0 spiro atoms. The molecule has 2 unspecified atom stereocenters. The van der Waals surface area contributed by atoms with E-state index in [-0.39, 0.29) is 0 Å². The van der Waals surface area contributed by atoms with Gasteiger partial charge in [-0.2, -0.15) is 0 Å². The highest BCUT2D eigenvalue weighted by Crippen LogP contribution is 2.13. The average molecular weight is 185 g/mol. The number of hydrogen-bond donors (Lipinski definition) is 0. The maximum absolute atomic E-state index is 10.8. The molecule has 0 aliphatic rings. The zero-order valence-corrected chi connectivity index (χ0v) is 9.63. The number of carbonyl (C=O) groups is 1. The number of hydrogen-bond acceptors (Lipinski definition) is 2. The number of Topliss-reactive ketones (excluding diaryl/α,β-unsaturated/α-hetero) is 1. The molecular weight excluding hydrogens is 162 g/mol. The third-order valence-electron chi connectivity index (χ3n) is 2.59. The van der Waals surface area contributed by atoms with Gasteiger partial charge in [-0.05, 0) is 46.7 Å². The minimum Gasteiger partial charge on any atom is -0.307 e. The molecule has 0 heterocycles. The normalized spacial score (nSPS) is 15.8. The first-order valence-corrected chi connectivity index (χ1v) is 5.09. The van der Waals surface area contributed by atoms with Gasteiger partial charge in [-0.15, -0.1) is 0 Å². The Kier molecular flexibility index (Phi) is 5.97. The summed E-state index contributed by atoms with van der Waals surface area (Å²) in [6.07, 6.45) is 3.07. The fourth-order valence-corrected chi connectivity index (χ4v) is 1.38. The summed E-state index contributed by atoms with van der Waals surface area (Å²) in [6, 6.07) is 0.620. The largest absolute Gasteiger partial charge is 0.307 e. The zero-order chi connectivity index (χ0) is 10.4.